The van der Waals surface area contributed by atoms with Crippen LogP contribution in [0.25, 0.3) is 22.3 Å². The Kier molecular flexibility index (Phi) is 4.60. The van der Waals surface area contributed by atoms with Crippen molar-refractivity contribution in [3.8, 4) is 11.4 Å². The van der Waals surface area contributed by atoms with E-state index in [4.69, 9.17) is 0 Å². The van der Waals surface area contributed by atoms with Crippen LogP contribution in [0.1, 0.15) is 5.56 Å². The van der Waals surface area contributed by atoms with Gasteiger partial charge in [-0.3, -0.25) is 4.79 Å². The highest BCUT2D eigenvalue weighted by Gasteiger charge is 2.14. The zero-order chi connectivity index (χ0) is 19.5. The highest BCUT2D eigenvalue weighted by molar-refractivity contribution is 5.95. The summed E-state index contributed by atoms with van der Waals surface area (Å²) in [6.07, 6.45) is 0. The number of fused-ring (bicyclic) bond motifs is 1. The van der Waals surface area contributed by atoms with Crippen LogP contribution in [0.15, 0.2) is 83.7 Å². The summed E-state index contributed by atoms with van der Waals surface area (Å²) in [7, 11) is 0. The molecule has 0 bridgehead atoms. The van der Waals surface area contributed by atoms with E-state index >= 15 is 0 Å². The third-order valence-corrected chi connectivity index (χ3v) is 4.33. The number of anilines is 1. The van der Waals surface area contributed by atoms with Gasteiger partial charge in [0.25, 0.3) is 5.56 Å². The quantitative estimate of drug-likeness (QED) is 0.569. The van der Waals surface area contributed by atoms with E-state index in [1.54, 1.807) is 30.3 Å². The molecule has 6 nitrogen and oxygen atoms in total. The van der Waals surface area contributed by atoms with Crippen molar-refractivity contribution in [2.24, 2.45) is 0 Å². The van der Waals surface area contributed by atoms with Crippen LogP contribution in [-0.2, 0) is 0 Å². The van der Waals surface area contributed by atoms with Crippen molar-refractivity contribution in [2.45, 2.75) is 6.92 Å². The van der Waals surface area contributed by atoms with Gasteiger partial charge in [0.15, 0.2) is 5.82 Å². The van der Waals surface area contributed by atoms with Crippen LogP contribution in [0.4, 0.5) is 10.5 Å². The number of rotatable bonds is 3. The van der Waals surface area contributed by atoms with Crippen LogP contribution in [0.2, 0.25) is 0 Å². The second-order valence-electron chi connectivity index (χ2n) is 6.39. The average molecular weight is 370 g/mol. The normalized spacial score (nSPS) is 10.6. The summed E-state index contributed by atoms with van der Waals surface area (Å²) in [5.74, 6) is 0.364. The Morgan fingerprint density at radius 1 is 0.893 bits per heavy atom. The maximum Gasteiger partial charge on any atom is 0.338 e. The Labute approximate surface area is 161 Å². The highest BCUT2D eigenvalue weighted by Crippen LogP contribution is 2.18. The molecule has 4 rings (SSSR count). The molecule has 0 saturated carbocycles. The molecule has 0 aliphatic rings. The minimum Gasteiger partial charge on any atom is -0.307 e. The Balaban J connectivity index is 1.76. The molecule has 0 spiro atoms. The maximum absolute atomic E-state index is 13.0. The number of urea groups is 1. The molecular weight excluding hydrogens is 352 g/mol. The molecule has 0 aliphatic heterocycles. The van der Waals surface area contributed by atoms with Gasteiger partial charge in [-0.2, -0.15) is 4.68 Å². The first-order chi connectivity index (χ1) is 13.6. The van der Waals surface area contributed by atoms with Crippen molar-refractivity contribution < 1.29 is 4.79 Å². The lowest BCUT2D eigenvalue weighted by atomic mass is 10.2. The molecule has 0 radical (unpaired) electrons. The number of aromatic nitrogens is 2. The maximum atomic E-state index is 13.0. The fourth-order valence-corrected chi connectivity index (χ4v) is 2.91. The van der Waals surface area contributed by atoms with E-state index in [0.717, 1.165) is 11.1 Å². The lowest BCUT2D eigenvalue weighted by Gasteiger charge is -2.15. The molecule has 0 aliphatic carbocycles. The van der Waals surface area contributed by atoms with Gasteiger partial charge in [0.05, 0.1) is 10.9 Å². The van der Waals surface area contributed by atoms with Crippen molar-refractivity contribution in [1.82, 2.24) is 9.66 Å². The van der Waals surface area contributed by atoms with Crippen LogP contribution in [0, 0.1) is 6.92 Å². The zero-order valence-electron chi connectivity index (χ0n) is 15.2. The van der Waals surface area contributed by atoms with Crippen molar-refractivity contribution >= 4 is 22.6 Å². The lowest BCUT2D eigenvalue weighted by Crippen LogP contribution is -2.37. The molecule has 1 heterocycles. The third kappa shape index (κ3) is 3.48. The molecule has 28 heavy (non-hydrogen) atoms. The molecule has 1 aromatic heterocycles. The first-order valence-corrected chi connectivity index (χ1v) is 8.84. The van der Waals surface area contributed by atoms with E-state index in [-0.39, 0.29) is 5.56 Å². The average Bonchev–Trinajstić information content (AvgIpc) is 2.72. The molecule has 0 atom stereocenters. The fourth-order valence-electron chi connectivity index (χ4n) is 2.91. The monoisotopic (exact) mass is 370 g/mol. The van der Waals surface area contributed by atoms with Crippen molar-refractivity contribution in [1.29, 1.82) is 0 Å². The van der Waals surface area contributed by atoms with E-state index in [1.165, 1.54) is 4.68 Å². The predicted octanol–water partition coefficient (Wildman–Crippen LogP) is 4.15. The molecule has 2 amide bonds. The molecule has 4 aromatic rings. The number of nitrogens with zero attached hydrogens (tertiary/aromatic N) is 2. The fraction of sp³-hybridized carbons (Fsp3) is 0.0455. The number of aryl methyl sites for hydroxylation is 1. The van der Waals surface area contributed by atoms with Gasteiger partial charge < -0.3 is 5.32 Å². The number of carbonyl (C=O) groups excluding carboxylic acids is 1. The molecule has 0 unspecified atom stereocenters. The highest BCUT2D eigenvalue weighted by atomic mass is 16.2. The number of hydrogen-bond donors (Lipinski definition) is 2. The number of amides is 2. The topological polar surface area (TPSA) is 76.0 Å². The minimum absolute atomic E-state index is 0.344. The van der Waals surface area contributed by atoms with E-state index in [2.05, 4.69) is 15.7 Å². The van der Waals surface area contributed by atoms with Gasteiger partial charge in [-0.1, -0.05) is 60.2 Å². The number of para-hydroxylation sites is 1. The van der Waals surface area contributed by atoms with E-state index in [1.807, 2.05) is 55.5 Å². The van der Waals surface area contributed by atoms with Crippen molar-refractivity contribution in [3.63, 3.8) is 0 Å². The minimum atomic E-state index is -0.528. The Morgan fingerprint density at radius 3 is 2.32 bits per heavy atom. The third-order valence-electron chi connectivity index (χ3n) is 4.33. The second kappa shape index (κ2) is 7.36. The summed E-state index contributed by atoms with van der Waals surface area (Å²) >= 11 is 0. The van der Waals surface area contributed by atoms with Crippen LogP contribution < -0.4 is 16.3 Å². The summed E-state index contributed by atoms with van der Waals surface area (Å²) in [6, 6.07) is 23.2. The molecule has 2 N–H and O–H groups in total. The summed E-state index contributed by atoms with van der Waals surface area (Å²) in [4.78, 5) is 30.2. The van der Waals surface area contributed by atoms with E-state index < -0.39 is 6.03 Å². The SMILES string of the molecule is Cc1ccc(NC(=O)Nn2c(-c3ccccc3)nc3ccccc3c2=O)cc1. The van der Waals surface area contributed by atoms with E-state index in [9.17, 15) is 9.59 Å². The Bertz CT molecular complexity index is 1200. The van der Waals surface area contributed by atoms with Gasteiger partial charge in [-0.05, 0) is 31.2 Å². The number of nitrogens with one attached hydrogen (secondary N) is 2. The van der Waals surface area contributed by atoms with Gasteiger partial charge in [0.1, 0.15) is 0 Å². The molecular formula is C22H18N4O2. The molecule has 0 fully saturated rings. The Morgan fingerprint density at radius 2 is 1.57 bits per heavy atom. The van der Waals surface area contributed by atoms with Crippen LogP contribution in [-0.4, -0.2) is 15.7 Å². The number of hydrogen-bond acceptors (Lipinski definition) is 3. The molecule has 0 saturated heterocycles. The van der Waals surface area contributed by atoms with Gasteiger partial charge in [-0.15, -0.1) is 0 Å². The summed E-state index contributed by atoms with van der Waals surface area (Å²) in [6.45, 7) is 1.97. The van der Waals surface area contributed by atoms with Gasteiger partial charge >= 0.3 is 6.03 Å². The van der Waals surface area contributed by atoms with Gasteiger partial charge in [0.2, 0.25) is 0 Å². The summed E-state index contributed by atoms with van der Waals surface area (Å²) in [5.41, 5.74) is 5.30. The largest absolute Gasteiger partial charge is 0.338 e. The second-order valence-corrected chi connectivity index (χ2v) is 6.39. The first kappa shape index (κ1) is 17.5. The molecule has 3 aromatic carbocycles. The predicted molar refractivity (Wildman–Crippen MR) is 111 cm³/mol. The summed E-state index contributed by atoms with van der Waals surface area (Å²) in [5, 5.41) is 3.16. The Hall–Kier alpha value is -3.93. The summed E-state index contributed by atoms with van der Waals surface area (Å²) < 4.78 is 1.18. The standard InChI is InChI=1S/C22H18N4O2/c1-15-11-13-17(14-12-15)23-22(28)25-26-20(16-7-3-2-4-8-16)24-19-10-6-5-9-18(19)21(26)27/h2-14H,1H3,(H2,23,25,28). The van der Waals surface area contributed by atoms with Crippen LogP contribution >= 0.6 is 0 Å². The molecule has 6 heteroatoms. The number of benzene rings is 3. The van der Waals surface area contributed by atoms with E-state index in [0.29, 0.717) is 22.4 Å². The van der Waals surface area contributed by atoms with Crippen molar-refractivity contribution in [2.75, 3.05) is 10.7 Å². The molecule has 138 valence electrons. The van der Waals surface area contributed by atoms with Crippen LogP contribution in [0.5, 0.6) is 0 Å². The number of carbonyl (C=O) groups is 1. The lowest BCUT2D eigenvalue weighted by molar-refractivity contribution is 0.259. The van der Waals surface area contributed by atoms with Crippen LogP contribution in [0.3, 0.4) is 0 Å². The van der Waals surface area contributed by atoms with Gasteiger partial charge in [-0.25, -0.2) is 15.2 Å². The first-order valence-electron chi connectivity index (χ1n) is 8.84. The zero-order valence-corrected chi connectivity index (χ0v) is 15.2. The smallest absolute Gasteiger partial charge is 0.307 e. The van der Waals surface area contributed by atoms with Gasteiger partial charge in [0, 0.05) is 11.3 Å². The van der Waals surface area contributed by atoms with Crippen molar-refractivity contribution in [3.05, 3.63) is 94.8 Å².